The number of aromatic nitrogens is 2. The molecule has 0 aromatic carbocycles. The first kappa shape index (κ1) is 13.6. The summed E-state index contributed by atoms with van der Waals surface area (Å²) in [5.41, 5.74) is 0. The predicted octanol–water partition coefficient (Wildman–Crippen LogP) is 1.18. The van der Waals surface area contributed by atoms with Crippen molar-refractivity contribution >= 4 is 28.9 Å². The minimum atomic E-state index is 0.301. The van der Waals surface area contributed by atoms with Gasteiger partial charge < -0.3 is 15.4 Å². The number of thiocarbonyl (C=S) groups is 1. The summed E-state index contributed by atoms with van der Waals surface area (Å²) in [6, 6.07) is 0. The molecule has 1 saturated heterocycles. The van der Waals surface area contributed by atoms with Crippen LogP contribution in [-0.2, 0) is 11.3 Å². The number of hydrogen-bond acceptors (Lipinski definition) is 3. The average Bonchev–Trinajstić information content (AvgIpc) is 2.98. The van der Waals surface area contributed by atoms with Gasteiger partial charge in [0.05, 0.1) is 23.9 Å². The fraction of sp³-hybridized carbons (Fsp3) is 0.636. The number of halogens is 1. The van der Waals surface area contributed by atoms with Gasteiger partial charge in [-0.25, -0.2) is 0 Å². The molecule has 7 heteroatoms. The van der Waals surface area contributed by atoms with E-state index in [1.165, 1.54) is 0 Å². The molecule has 0 amide bonds. The number of rotatable bonds is 5. The molecule has 0 bridgehead atoms. The summed E-state index contributed by atoms with van der Waals surface area (Å²) in [5, 5.41) is 11.7. The van der Waals surface area contributed by atoms with Crippen molar-refractivity contribution in [1.82, 2.24) is 20.4 Å². The molecule has 1 fully saturated rings. The zero-order chi connectivity index (χ0) is 12.8. The van der Waals surface area contributed by atoms with Crippen LogP contribution >= 0.6 is 23.8 Å². The maximum atomic E-state index is 5.77. The SMILES string of the molecule is S=C(NCCn1cc(Cl)cn1)NCC1CCCO1. The third kappa shape index (κ3) is 4.44. The van der Waals surface area contributed by atoms with Crippen molar-refractivity contribution in [3.8, 4) is 0 Å². The zero-order valence-corrected chi connectivity index (χ0v) is 11.6. The Kier molecular flexibility index (Phi) is 5.22. The summed E-state index contributed by atoms with van der Waals surface area (Å²) in [7, 11) is 0. The maximum Gasteiger partial charge on any atom is 0.166 e. The molecule has 1 unspecified atom stereocenters. The van der Waals surface area contributed by atoms with Crippen LogP contribution in [0.3, 0.4) is 0 Å². The molecule has 1 aromatic rings. The standard InChI is InChI=1S/C11H17ClN4OS/c12-9-6-15-16(8-9)4-3-13-11(18)14-7-10-2-1-5-17-10/h6,8,10H,1-5,7H2,(H2,13,14,18). The Morgan fingerprint density at radius 1 is 1.61 bits per heavy atom. The van der Waals surface area contributed by atoms with Crippen LogP contribution in [0.4, 0.5) is 0 Å². The van der Waals surface area contributed by atoms with E-state index >= 15 is 0 Å². The van der Waals surface area contributed by atoms with Gasteiger partial charge in [0.1, 0.15) is 0 Å². The van der Waals surface area contributed by atoms with Gasteiger partial charge in [-0.05, 0) is 25.1 Å². The van der Waals surface area contributed by atoms with Crippen molar-refractivity contribution in [3.05, 3.63) is 17.4 Å². The number of ether oxygens (including phenoxy) is 1. The molecule has 18 heavy (non-hydrogen) atoms. The molecular formula is C11H17ClN4OS. The van der Waals surface area contributed by atoms with Gasteiger partial charge in [-0.3, -0.25) is 4.68 Å². The van der Waals surface area contributed by atoms with Gasteiger partial charge in [0, 0.05) is 25.9 Å². The Hall–Kier alpha value is -0.850. The van der Waals surface area contributed by atoms with E-state index < -0.39 is 0 Å². The minimum absolute atomic E-state index is 0.301. The molecule has 0 saturated carbocycles. The highest BCUT2D eigenvalue weighted by Crippen LogP contribution is 2.10. The van der Waals surface area contributed by atoms with Gasteiger partial charge in [0.25, 0.3) is 0 Å². The van der Waals surface area contributed by atoms with E-state index in [1.807, 2.05) is 0 Å². The van der Waals surface area contributed by atoms with Crippen molar-refractivity contribution in [1.29, 1.82) is 0 Å². The van der Waals surface area contributed by atoms with Crippen LogP contribution in [0.25, 0.3) is 0 Å². The molecule has 2 heterocycles. The lowest BCUT2D eigenvalue weighted by Gasteiger charge is -2.13. The van der Waals surface area contributed by atoms with Crippen LogP contribution in [0.2, 0.25) is 5.02 Å². The quantitative estimate of drug-likeness (QED) is 0.797. The third-order valence-corrected chi connectivity index (χ3v) is 3.23. The summed E-state index contributed by atoms with van der Waals surface area (Å²) >= 11 is 10.9. The second kappa shape index (κ2) is 6.92. The average molecular weight is 289 g/mol. The monoisotopic (exact) mass is 288 g/mol. The van der Waals surface area contributed by atoms with Crippen LogP contribution < -0.4 is 10.6 Å². The third-order valence-electron chi connectivity index (χ3n) is 2.74. The van der Waals surface area contributed by atoms with Gasteiger partial charge in [-0.15, -0.1) is 0 Å². The Labute approximate surface area is 117 Å². The molecule has 1 aliphatic heterocycles. The molecule has 2 N–H and O–H groups in total. The predicted molar refractivity (Wildman–Crippen MR) is 74.8 cm³/mol. The van der Waals surface area contributed by atoms with Crippen LogP contribution in [0, 0.1) is 0 Å². The smallest absolute Gasteiger partial charge is 0.166 e. The topological polar surface area (TPSA) is 51.1 Å². The van der Waals surface area contributed by atoms with Gasteiger partial charge in [0.15, 0.2) is 5.11 Å². The molecule has 100 valence electrons. The van der Waals surface area contributed by atoms with Crippen LogP contribution in [0.15, 0.2) is 12.4 Å². The van der Waals surface area contributed by atoms with E-state index in [0.29, 0.717) is 16.2 Å². The first-order valence-electron chi connectivity index (χ1n) is 6.05. The summed E-state index contributed by atoms with van der Waals surface area (Å²) in [5.74, 6) is 0. The molecule has 1 atom stereocenters. The molecule has 1 aliphatic rings. The normalized spacial score (nSPS) is 18.8. The fourth-order valence-corrected chi connectivity index (χ4v) is 2.16. The van der Waals surface area contributed by atoms with E-state index in [2.05, 4.69) is 15.7 Å². The lowest BCUT2D eigenvalue weighted by molar-refractivity contribution is 0.114. The molecule has 2 rings (SSSR count). The number of nitrogens with one attached hydrogen (secondary N) is 2. The molecule has 5 nitrogen and oxygen atoms in total. The van der Waals surface area contributed by atoms with Crippen LogP contribution in [0.5, 0.6) is 0 Å². The Bertz CT molecular complexity index is 392. The highest BCUT2D eigenvalue weighted by molar-refractivity contribution is 7.80. The summed E-state index contributed by atoms with van der Waals surface area (Å²) in [4.78, 5) is 0. The van der Waals surface area contributed by atoms with Crippen molar-refractivity contribution in [2.45, 2.75) is 25.5 Å². The van der Waals surface area contributed by atoms with Gasteiger partial charge in [-0.1, -0.05) is 11.6 Å². The lowest BCUT2D eigenvalue weighted by atomic mass is 10.2. The van der Waals surface area contributed by atoms with Gasteiger partial charge in [-0.2, -0.15) is 5.10 Å². The number of nitrogens with zero attached hydrogens (tertiary/aromatic N) is 2. The highest BCUT2D eigenvalue weighted by atomic mass is 35.5. The largest absolute Gasteiger partial charge is 0.376 e. The highest BCUT2D eigenvalue weighted by Gasteiger charge is 2.14. The number of hydrogen-bond donors (Lipinski definition) is 2. The maximum absolute atomic E-state index is 5.77. The summed E-state index contributed by atoms with van der Waals surface area (Å²) in [6.07, 6.45) is 5.96. The Morgan fingerprint density at radius 3 is 3.17 bits per heavy atom. The van der Waals surface area contributed by atoms with E-state index in [4.69, 9.17) is 28.6 Å². The second-order valence-corrected chi connectivity index (χ2v) is 5.04. The summed E-state index contributed by atoms with van der Waals surface area (Å²) < 4.78 is 7.28. The van der Waals surface area contributed by atoms with Gasteiger partial charge in [0.2, 0.25) is 0 Å². The van der Waals surface area contributed by atoms with Crippen LogP contribution in [-0.4, -0.2) is 40.7 Å². The van der Waals surface area contributed by atoms with E-state index in [1.54, 1.807) is 17.1 Å². The molecule has 1 aromatic heterocycles. The van der Waals surface area contributed by atoms with Crippen molar-refractivity contribution in [3.63, 3.8) is 0 Å². The zero-order valence-electron chi connectivity index (χ0n) is 10.1. The first-order chi connectivity index (χ1) is 8.74. The molecule has 0 aliphatic carbocycles. The van der Waals surface area contributed by atoms with Gasteiger partial charge >= 0.3 is 0 Å². The van der Waals surface area contributed by atoms with Crippen molar-refractivity contribution in [2.24, 2.45) is 0 Å². The fourth-order valence-electron chi connectivity index (χ4n) is 1.82. The van der Waals surface area contributed by atoms with E-state index in [0.717, 1.165) is 39.1 Å². The molecule has 0 spiro atoms. The van der Waals surface area contributed by atoms with E-state index in [-0.39, 0.29) is 0 Å². The second-order valence-electron chi connectivity index (χ2n) is 4.19. The Balaban J connectivity index is 1.57. The lowest BCUT2D eigenvalue weighted by Crippen LogP contribution is -2.40. The molecule has 0 radical (unpaired) electrons. The van der Waals surface area contributed by atoms with Crippen molar-refractivity contribution in [2.75, 3.05) is 19.7 Å². The molecular weight excluding hydrogens is 272 g/mol. The summed E-state index contributed by atoms with van der Waals surface area (Å²) in [6.45, 7) is 3.09. The minimum Gasteiger partial charge on any atom is -0.376 e. The first-order valence-corrected chi connectivity index (χ1v) is 6.84. The Morgan fingerprint density at radius 2 is 2.50 bits per heavy atom. The van der Waals surface area contributed by atoms with Crippen molar-refractivity contribution < 1.29 is 4.74 Å². The van der Waals surface area contributed by atoms with E-state index in [9.17, 15) is 0 Å². The van der Waals surface area contributed by atoms with Crippen LogP contribution in [0.1, 0.15) is 12.8 Å².